The molecular formula is C18H22N2O5S2. The number of anilines is 1. The van der Waals surface area contributed by atoms with Gasteiger partial charge in [0.05, 0.1) is 19.9 Å². The van der Waals surface area contributed by atoms with Crippen molar-refractivity contribution in [1.29, 1.82) is 0 Å². The van der Waals surface area contributed by atoms with Crippen LogP contribution in [0.3, 0.4) is 0 Å². The molecule has 1 aromatic heterocycles. The predicted molar refractivity (Wildman–Crippen MR) is 104 cm³/mol. The monoisotopic (exact) mass is 410 g/mol. The third-order valence-corrected chi connectivity index (χ3v) is 7.49. The number of carbonyl (C=O) groups is 1. The molecule has 0 saturated heterocycles. The maximum Gasteiger partial charge on any atom is 0.271 e. The molecule has 7 nitrogen and oxygen atoms in total. The van der Waals surface area contributed by atoms with Crippen molar-refractivity contribution in [2.45, 2.75) is 30.5 Å². The van der Waals surface area contributed by atoms with E-state index in [1.807, 2.05) is 6.92 Å². The van der Waals surface area contributed by atoms with Crippen LogP contribution in [0.25, 0.3) is 0 Å². The fourth-order valence-electron chi connectivity index (χ4n) is 2.96. The number of fused-ring (bicyclic) bond motifs is 1. The molecule has 2 aromatic rings. The Labute approximate surface area is 163 Å². The summed E-state index contributed by atoms with van der Waals surface area (Å²) < 4.78 is 39.0. The fourth-order valence-corrected chi connectivity index (χ4v) is 5.57. The molecular weight excluding hydrogens is 388 g/mol. The highest BCUT2D eigenvalue weighted by Crippen LogP contribution is 2.35. The zero-order valence-corrected chi connectivity index (χ0v) is 17.1. The van der Waals surface area contributed by atoms with Crippen LogP contribution in [-0.2, 0) is 27.8 Å². The highest BCUT2D eigenvalue weighted by atomic mass is 32.2. The minimum atomic E-state index is -3.78. The average Bonchev–Trinajstić information content (AvgIpc) is 3.11. The standard InChI is InChI=1S/C18H22N2O5S2/c1-4-17(21)20-8-7-16-12(11-20)9-18(26-16)27(22,23)19-14-10-13(24-2)5-6-15(14)25-3/h5-6,9-10,19H,4,7-8,11H2,1-3H3. The second-order valence-corrected chi connectivity index (χ2v) is 9.15. The van der Waals surface area contributed by atoms with Gasteiger partial charge >= 0.3 is 0 Å². The van der Waals surface area contributed by atoms with Gasteiger partial charge in [-0.3, -0.25) is 9.52 Å². The van der Waals surface area contributed by atoms with E-state index in [4.69, 9.17) is 9.47 Å². The molecule has 1 aliphatic rings. The van der Waals surface area contributed by atoms with Crippen LogP contribution in [0, 0.1) is 0 Å². The van der Waals surface area contributed by atoms with Gasteiger partial charge in [-0.25, -0.2) is 8.42 Å². The molecule has 3 rings (SSSR count). The van der Waals surface area contributed by atoms with Gasteiger partial charge in [-0.1, -0.05) is 6.92 Å². The van der Waals surface area contributed by atoms with Crippen LogP contribution in [0.15, 0.2) is 28.5 Å². The van der Waals surface area contributed by atoms with Crippen molar-refractivity contribution in [2.75, 3.05) is 25.5 Å². The molecule has 27 heavy (non-hydrogen) atoms. The lowest BCUT2D eigenvalue weighted by molar-refractivity contribution is -0.131. The predicted octanol–water partition coefficient (Wildman–Crippen LogP) is 2.86. The van der Waals surface area contributed by atoms with E-state index in [9.17, 15) is 13.2 Å². The number of methoxy groups -OCH3 is 2. The molecule has 0 unspecified atom stereocenters. The lowest BCUT2D eigenvalue weighted by Gasteiger charge is -2.26. The van der Waals surface area contributed by atoms with Gasteiger partial charge in [-0.15, -0.1) is 11.3 Å². The van der Waals surface area contributed by atoms with Crippen LogP contribution in [0.2, 0.25) is 0 Å². The van der Waals surface area contributed by atoms with Gasteiger partial charge in [0.25, 0.3) is 10.0 Å². The number of hydrogen-bond donors (Lipinski definition) is 1. The van der Waals surface area contributed by atoms with Gasteiger partial charge < -0.3 is 14.4 Å². The van der Waals surface area contributed by atoms with Crippen LogP contribution in [-0.4, -0.2) is 40.0 Å². The van der Waals surface area contributed by atoms with E-state index in [0.29, 0.717) is 43.1 Å². The number of nitrogens with one attached hydrogen (secondary N) is 1. The Kier molecular flexibility index (Phi) is 5.61. The summed E-state index contributed by atoms with van der Waals surface area (Å²) in [7, 11) is -0.793. The van der Waals surface area contributed by atoms with Gasteiger partial charge in [0.2, 0.25) is 5.91 Å². The summed E-state index contributed by atoms with van der Waals surface area (Å²) >= 11 is 1.25. The topological polar surface area (TPSA) is 84.9 Å². The minimum absolute atomic E-state index is 0.0792. The first-order valence-corrected chi connectivity index (χ1v) is 10.8. The third-order valence-electron chi connectivity index (χ3n) is 4.42. The van der Waals surface area contributed by atoms with Crippen LogP contribution >= 0.6 is 11.3 Å². The Balaban J connectivity index is 1.87. The first kappa shape index (κ1) is 19.5. The van der Waals surface area contributed by atoms with E-state index in [1.165, 1.54) is 25.6 Å². The largest absolute Gasteiger partial charge is 0.497 e. The Bertz CT molecular complexity index is 953. The van der Waals surface area contributed by atoms with Crippen molar-refractivity contribution in [2.24, 2.45) is 0 Å². The quantitative estimate of drug-likeness (QED) is 0.792. The molecule has 0 aliphatic carbocycles. The van der Waals surface area contributed by atoms with Gasteiger partial charge in [0.15, 0.2) is 0 Å². The molecule has 0 atom stereocenters. The summed E-state index contributed by atoms with van der Waals surface area (Å²) in [6.45, 7) is 2.90. The van der Waals surface area contributed by atoms with Crippen LogP contribution < -0.4 is 14.2 Å². The van der Waals surface area contributed by atoms with Gasteiger partial charge in [-0.05, 0) is 30.2 Å². The maximum absolute atomic E-state index is 12.9. The first-order valence-electron chi connectivity index (χ1n) is 8.52. The highest BCUT2D eigenvalue weighted by Gasteiger charge is 2.26. The molecule has 0 radical (unpaired) electrons. The number of rotatable bonds is 6. The van der Waals surface area contributed by atoms with Crippen molar-refractivity contribution in [1.82, 2.24) is 4.90 Å². The molecule has 0 saturated carbocycles. The third kappa shape index (κ3) is 4.03. The summed E-state index contributed by atoms with van der Waals surface area (Å²) in [5, 5.41) is 0. The number of sulfonamides is 1. The van der Waals surface area contributed by atoms with E-state index in [-0.39, 0.29) is 10.1 Å². The van der Waals surface area contributed by atoms with Gasteiger partial charge in [-0.2, -0.15) is 0 Å². The van der Waals surface area contributed by atoms with E-state index in [2.05, 4.69) is 4.72 Å². The van der Waals surface area contributed by atoms with E-state index in [1.54, 1.807) is 29.2 Å². The van der Waals surface area contributed by atoms with E-state index >= 15 is 0 Å². The lowest BCUT2D eigenvalue weighted by atomic mass is 10.1. The Morgan fingerprint density at radius 1 is 1.26 bits per heavy atom. The van der Waals surface area contributed by atoms with Crippen molar-refractivity contribution in [3.8, 4) is 11.5 Å². The second kappa shape index (κ2) is 7.77. The molecule has 146 valence electrons. The highest BCUT2D eigenvalue weighted by molar-refractivity contribution is 7.94. The molecule has 0 fully saturated rings. The fraction of sp³-hybridized carbons (Fsp3) is 0.389. The zero-order chi connectivity index (χ0) is 19.6. The summed E-state index contributed by atoms with van der Waals surface area (Å²) in [6, 6.07) is 6.57. The molecule has 2 heterocycles. The molecule has 1 N–H and O–H groups in total. The molecule has 1 aliphatic heterocycles. The molecule has 0 spiro atoms. The van der Waals surface area contributed by atoms with Gasteiger partial charge in [0.1, 0.15) is 15.7 Å². The number of ether oxygens (including phenoxy) is 2. The summed E-state index contributed by atoms with van der Waals surface area (Å²) in [5.74, 6) is 1.00. The number of carbonyl (C=O) groups excluding carboxylic acids is 1. The molecule has 1 aromatic carbocycles. The van der Waals surface area contributed by atoms with E-state index in [0.717, 1.165) is 10.4 Å². The van der Waals surface area contributed by atoms with Crippen molar-refractivity contribution in [3.05, 3.63) is 34.7 Å². The molecule has 1 amide bonds. The Morgan fingerprint density at radius 2 is 2.04 bits per heavy atom. The summed E-state index contributed by atoms with van der Waals surface area (Å²) in [6.07, 6.45) is 1.12. The van der Waals surface area contributed by atoms with E-state index < -0.39 is 10.0 Å². The van der Waals surface area contributed by atoms with Gasteiger partial charge in [0, 0.05) is 30.5 Å². The minimum Gasteiger partial charge on any atom is -0.497 e. The number of thiophene rings is 1. The molecule has 9 heteroatoms. The second-order valence-electron chi connectivity index (χ2n) is 6.10. The Hall–Kier alpha value is -2.26. The summed E-state index contributed by atoms with van der Waals surface area (Å²) in [4.78, 5) is 14.7. The number of hydrogen-bond acceptors (Lipinski definition) is 6. The smallest absolute Gasteiger partial charge is 0.271 e. The number of nitrogens with zero attached hydrogens (tertiary/aromatic N) is 1. The van der Waals surface area contributed by atoms with Crippen LogP contribution in [0.1, 0.15) is 23.8 Å². The SMILES string of the molecule is CCC(=O)N1CCc2sc(S(=O)(=O)Nc3cc(OC)ccc3OC)cc2C1. The maximum atomic E-state index is 12.9. The average molecular weight is 411 g/mol. The van der Waals surface area contributed by atoms with Crippen LogP contribution in [0.4, 0.5) is 5.69 Å². The number of amides is 1. The zero-order valence-electron chi connectivity index (χ0n) is 15.4. The van der Waals surface area contributed by atoms with Crippen molar-refractivity contribution < 1.29 is 22.7 Å². The summed E-state index contributed by atoms with van der Waals surface area (Å²) in [5.41, 5.74) is 1.21. The molecule has 0 bridgehead atoms. The first-order chi connectivity index (χ1) is 12.9. The lowest BCUT2D eigenvalue weighted by Crippen LogP contribution is -2.34. The normalized spacial score (nSPS) is 13.8. The van der Waals surface area contributed by atoms with Crippen molar-refractivity contribution >= 4 is 33.0 Å². The Morgan fingerprint density at radius 3 is 2.70 bits per heavy atom. The van der Waals surface area contributed by atoms with Crippen molar-refractivity contribution in [3.63, 3.8) is 0 Å². The number of benzene rings is 1. The van der Waals surface area contributed by atoms with Crippen LogP contribution in [0.5, 0.6) is 11.5 Å².